The van der Waals surface area contributed by atoms with Gasteiger partial charge in [-0.2, -0.15) is 0 Å². The van der Waals surface area contributed by atoms with Crippen LogP contribution in [-0.2, 0) is 0 Å². The third-order valence-electron chi connectivity index (χ3n) is 2.19. The minimum Gasteiger partial charge on any atom is -0.388 e. The van der Waals surface area contributed by atoms with Crippen LogP contribution in [-0.4, -0.2) is 5.11 Å². The van der Waals surface area contributed by atoms with E-state index in [2.05, 4.69) is 6.58 Å². The summed E-state index contributed by atoms with van der Waals surface area (Å²) in [5.41, 5.74) is 1.43. The van der Waals surface area contributed by atoms with E-state index < -0.39 is 11.9 Å². The van der Waals surface area contributed by atoms with Gasteiger partial charge in [0.15, 0.2) is 0 Å². The molecular formula is C12H14ClFO. The van der Waals surface area contributed by atoms with Gasteiger partial charge in [0.25, 0.3) is 0 Å². The van der Waals surface area contributed by atoms with E-state index in [1.807, 2.05) is 6.92 Å². The lowest BCUT2D eigenvalue weighted by atomic mass is 10.0. The van der Waals surface area contributed by atoms with E-state index in [0.717, 1.165) is 5.57 Å². The van der Waals surface area contributed by atoms with Gasteiger partial charge in [-0.25, -0.2) is 4.39 Å². The lowest BCUT2D eigenvalue weighted by molar-refractivity contribution is 0.167. The van der Waals surface area contributed by atoms with Crippen molar-refractivity contribution in [1.82, 2.24) is 0 Å². The summed E-state index contributed by atoms with van der Waals surface area (Å²) >= 11 is 5.75. The van der Waals surface area contributed by atoms with Crippen molar-refractivity contribution in [3.8, 4) is 0 Å². The molecule has 1 unspecified atom stereocenters. The Morgan fingerprint density at radius 1 is 1.60 bits per heavy atom. The van der Waals surface area contributed by atoms with E-state index in [1.54, 1.807) is 12.1 Å². The van der Waals surface area contributed by atoms with Crippen LogP contribution in [0.5, 0.6) is 0 Å². The Bertz CT molecular complexity index is 363. The molecule has 0 aromatic heterocycles. The second-order valence-electron chi connectivity index (χ2n) is 3.65. The van der Waals surface area contributed by atoms with E-state index in [4.69, 9.17) is 11.6 Å². The van der Waals surface area contributed by atoms with Crippen LogP contribution in [0.4, 0.5) is 4.39 Å². The van der Waals surface area contributed by atoms with Crippen LogP contribution in [0.2, 0.25) is 5.02 Å². The maximum atomic E-state index is 13.1. The third kappa shape index (κ3) is 3.33. The second-order valence-corrected chi connectivity index (χ2v) is 4.03. The first-order valence-corrected chi connectivity index (χ1v) is 5.16. The molecule has 0 saturated heterocycles. The van der Waals surface area contributed by atoms with Gasteiger partial charge in [-0.05, 0) is 25.8 Å². The van der Waals surface area contributed by atoms with Crippen LogP contribution in [0, 0.1) is 5.82 Å². The van der Waals surface area contributed by atoms with Gasteiger partial charge in [0.1, 0.15) is 5.82 Å². The van der Waals surface area contributed by atoms with Crippen molar-refractivity contribution in [1.29, 1.82) is 0 Å². The number of halogens is 2. The molecule has 0 radical (unpaired) electrons. The molecule has 1 aromatic carbocycles. The first-order valence-electron chi connectivity index (χ1n) is 4.78. The largest absolute Gasteiger partial charge is 0.388 e. The Hall–Kier alpha value is -0.860. The first kappa shape index (κ1) is 12.2. The summed E-state index contributed by atoms with van der Waals surface area (Å²) in [5, 5.41) is 9.79. The minimum absolute atomic E-state index is 0.00622. The molecule has 0 spiro atoms. The van der Waals surface area contributed by atoms with Crippen molar-refractivity contribution in [3.63, 3.8) is 0 Å². The van der Waals surface area contributed by atoms with Crippen LogP contribution in [0.1, 0.15) is 31.4 Å². The van der Waals surface area contributed by atoms with Gasteiger partial charge in [0.05, 0.1) is 11.1 Å². The van der Waals surface area contributed by atoms with Gasteiger partial charge in [-0.15, -0.1) is 6.58 Å². The molecule has 15 heavy (non-hydrogen) atoms. The van der Waals surface area contributed by atoms with E-state index >= 15 is 0 Å². The van der Waals surface area contributed by atoms with Crippen molar-refractivity contribution in [2.45, 2.75) is 25.9 Å². The quantitative estimate of drug-likeness (QED) is 0.776. The van der Waals surface area contributed by atoms with Crippen molar-refractivity contribution in [3.05, 3.63) is 46.8 Å². The zero-order valence-corrected chi connectivity index (χ0v) is 9.39. The molecule has 0 heterocycles. The highest BCUT2D eigenvalue weighted by molar-refractivity contribution is 6.31. The van der Waals surface area contributed by atoms with Crippen LogP contribution >= 0.6 is 11.6 Å². The summed E-state index contributed by atoms with van der Waals surface area (Å²) in [7, 11) is 0. The molecule has 0 aliphatic rings. The second kappa shape index (κ2) is 5.29. The molecule has 1 nitrogen and oxygen atoms in total. The Morgan fingerprint density at radius 2 is 2.27 bits per heavy atom. The number of hydrogen-bond acceptors (Lipinski definition) is 1. The standard InChI is InChI=1S/C12H14ClFO/c1-8(2)6-7-11(15)9-4-3-5-10(14)12(9)13/h3-5,11,15H,1,6-7H2,2H3. The van der Waals surface area contributed by atoms with Gasteiger partial charge >= 0.3 is 0 Å². The highest BCUT2D eigenvalue weighted by atomic mass is 35.5. The van der Waals surface area contributed by atoms with Gasteiger partial charge in [-0.1, -0.05) is 29.3 Å². The number of aliphatic hydroxyl groups excluding tert-OH is 1. The highest BCUT2D eigenvalue weighted by Gasteiger charge is 2.13. The van der Waals surface area contributed by atoms with Crippen LogP contribution in [0.15, 0.2) is 30.4 Å². The summed E-state index contributed by atoms with van der Waals surface area (Å²) < 4.78 is 13.1. The molecule has 0 amide bonds. The lowest BCUT2D eigenvalue weighted by Crippen LogP contribution is -1.99. The molecule has 0 aliphatic carbocycles. The number of hydrogen-bond donors (Lipinski definition) is 1. The van der Waals surface area contributed by atoms with E-state index in [1.165, 1.54) is 6.07 Å². The topological polar surface area (TPSA) is 20.2 Å². The average molecular weight is 229 g/mol. The Morgan fingerprint density at radius 3 is 2.87 bits per heavy atom. The predicted molar refractivity (Wildman–Crippen MR) is 60.4 cm³/mol. The molecule has 0 aliphatic heterocycles. The zero-order valence-electron chi connectivity index (χ0n) is 8.63. The number of allylic oxidation sites excluding steroid dienone is 1. The fourth-order valence-corrected chi connectivity index (χ4v) is 1.57. The fourth-order valence-electron chi connectivity index (χ4n) is 1.32. The average Bonchev–Trinajstić information content (AvgIpc) is 2.18. The Kier molecular flexibility index (Phi) is 4.30. The molecule has 0 bridgehead atoms. The predicted octanol–water partition coefficient (Wildman–Crippen LogP) is 3.87. The highest BCUT2D eigenvalue weighted by Crippen LogP contribution is 2.28. The van der Waals surface area contributed by atoms with Crippen molar-refractivity contribution in [2.24, 2.45) is 0 Å². The summed E-state index contributed by atoms with van der Waals surface area (Å²) in [6, 6.07) is 4.45. The minimum atomic E-state index is -0.732. The lowest BCUT2D eigenvalue weighted by Gasteiger charge is -2.12. The number of aliphatic hydroxyl groups is 1. The van der Waals surface area contributed by atoms with E-state index in [9.17, 15) is 9.50 Å². The van der Waals surface area contributed by atoms with Gasteiger partial charge in [-0.3, -0.25) is 0 Å². The van der Waals surface area contributed by atoms with Gasteiger partial charge < -0.3 is 5.11 Å². The SMILES string of the molecule is C=C(C)CCC(O)c1cccc(F)c1Cl. The molecule has 1 N–H and O–H groups in total. The number of benzene rings is 1. The van der Waals surface area contributed by atoms with Crippen LogP contribution in [0.25, 0.3) is 0 Å². The maximum absolute atomic E-state index is 13.1. The van der Waals surface area contributed by atoms with Crippen molar-refractivity contribution in [2.75, 3.05) is 0 Å². The van der Waals surface area contributed by atoms with E-state index in [-0.39, 0.29) is 5.02 Å². The number of rotatable bonds is 4. The van der Waals surface area contributed by atoms with Crippen LogP contribution < -0.4 is 0 Å². The molecular weight excluding hydrogens is 215 g/mol. The maximum Gasteiger partial charge on any atom is 0.142 e. The molecule has 82 valence electrons. The van der Waals surface area contributed by atoms with Gasteiger partial charge in [0.2, 0.25) is 0 Å². The van der Waals surface area contributed by atoms with Crippen molar-refractivity contribution >= 4 is 11.6 Å². The third-order valence-corrected chi connectivity index (χ3v) is 2.58. The van der Waals surface area contributed by atoms with Crippen molar-refractivity contribution < 1.29 is 9.50 Å². The van der Waals surface area contributed by atoms with E-state index in [0.29, 0.717) is 18.4 Å². The smallest absolute Gasteiger partial charge is 0.142 e. The molecule has 1 aromatic rings. The molecule has 0 saturated carbocycles. The molecule has 1 atom stereocenters. The summed E-state index contributed by atoms with van der Waals surface area (Å²) in [6.45, 7) is 5.63. The summed E-state index contributed by atoms with van der Waals surface area (Å²) in [4.78, 5) is 0. The molecule has 1 rings (SSSR count). The zero-order chi connectivity index (χ0) is 11.4. The fraction of sp³-hybridized carbons (Fsp3) is 0.333. The van der Waals surface area contributed by atoms with Crippen LogP contribution in [0.3, 0.4) is 0 Å². The first-order chi connectivity index (χ1) is 7.02. The monoisotopic (exact) mass is 228 g/mol. The Labute approximate surface area is 94.2 Å². The Balaban J connectivity index is 2.77. The molecule has 3 heteroatoms. The summed E-state index contributed by atoms with van der Waals surface area (Å²) in [6.07, 6.45) is 0.483. The molecule has 0 fully saturated rings. The van der Waals surface area contributed by atoms with Gasteiger partial charge in [0, 0.05) is 5.56 Å². The normalized spacial score (nSPS) is 12.5. The summed E-state index contributed by atoms with van der Waals surface area (Å²) in [5.74, 6) is -0.497.